The topological polar surface area (TPSA) is 51.4 Å². The first kappa shape index (κ1) is 13.3. The van der Waals surface area contributed by atoms with Gasteiger partial charge in [-0.2, -0.15) is 0 Å². The Balaban J connectivity index is 1.77. The summed E-state index contributed by atoms with van der Waals surface area (Å²) in [6.07, 6.45) is 5.57. The van der Waals surface area contributed by atoms with Gasteiger partial charge < -0.3 is 15.4 Å². The van der Waals surface area contributed by atoms with Crippen molar-refractivity contribution < 1.29 is 4.74 Å². The van der Waals surface area contributed by atoms with E-state index in [-0.39, 0.29) is 0 Å². The normalized spacial score (nSPS) is 21.1. The van der Waals surface area contributed by atoms with Crippen molar-refractivity contribution in [3.8, 4) is 0 Å². The quantitative estimate of drug-likeness (QED) is 0.863. The zero-order valence-electron chi connectivity index (χ0n) is 11.1. The van der Waals surface area contributed by atoms with Gasteiger partial charge in [0.1, 0.15) is 0 Å². The molecule has 1 aromatic heterocycles. The van der Waals surface area contributed by atoms with Gasteiger partial charge in [0.25, 0.3) is 0 Å². The second kappa shape index (κ2) is 6.71. The molecule has 1 atom stereocenters. The number of rotatable bonds is 5. The van der Waals surface area contributed by atoms with Crippen LogP contribution in [-0.4, -0.2) is 42.2 Å². The van der Waals surface area contributed by atoms with Crippen LogP contribution in [0.3, 0.4) is 0 Å². The summed E-state index contributed by atoms with van der Waals surface area (Å²) in [4.78, 5) is 6.81. The fraction of sp³-hybridized carbons (Fsp3) is 0.643. The summed E-state index contributed by atoms with van der Waals surface area (Å²) in [7, 11) is 0. The molecule has 0 saturated carbocycles. The lowest BCUT2D eigenvalue weighted by molar-refractivity contribution is 0.00626. The minimum absolute atomic E-state index is 0.420. The maximum absolute atomic E-state index is 5.71. The third-order valence-corrected chi connectivity index (χ3v) is 3.40. The highest BCUT2D eigenvalue weighted by atomic mass is 16.5. The molecule has 1 saturated heterocycles. The maximum Gasteiger partial charge on any atom is 0.0702 e. The lowest BCUT2D eigenvalue weighted by Crippen LogP contribution is -2.40. The first-order valence-electron chi connectivity index (χ1n) is 6.82. The average molecular weight is 249 g/mol. The van der Waals surface area contributed by atoms with Gasteiger partial charge in [0.05, 0.1) is 18.0 Å². The fourth-order valence-corrected chi connectivity index (χ4v) is 2.44. The van der Waals surface area contributed by atoms with E-state index < -0.39 is 0 Å². The number of hydrogen-bond acceptors (Lipinski definition) is 4. The largest absolute Gasteiger partial charge is 0.397 e. The molecule has 0 aromatic carbocycles. The van der Waals surface area contributed by atoms with Gasteiger partial charge in [-0.25, -0.2) is 0 Å². The molecule has 1 unspecified atom stereocenters. The van der Waals surface area contributed by atoms with Gasteiger partial charge in [-0.05, 0) is 38.4 Å². The van der Waals surface area contributed by atoms with Crippen LogP contribution in [0.4, 0.5) is 5.69 Å². The van der Waals surface area contributed by atoms with Crippen LogP contribution in [0.1, 0.15) is 25.5 Å². The first-order chi connectivity index (χ1) is 8.78. The van der Waals surface area contributed by atoms with Gasteiger partial charge in [0.15, 0.2) is 0 Å². The first-order valence-corrected chi connectivity index (χ1v) is 6.82. The summed E-state index contributed by atoms with van der Waals surface area (Å²) in [5.41, 5.74) is 7.47. The number of piperidine rings is 1. The molecule has 2 rings (SSSR count). The molecule has 1 fully saturated rings. The van der Waals surface area contributed by atoms with Crippen molar-refractivity contribution in [2.45, 2.75) is 32.3 Å². The molecular weight excluding hydrogens is 226 g/mol. The molecule has 2 heterocycles. The molecule has 18 heavy (non-hydrogen) atoms. The van der Waals surface area contributed by atoms with Crippen LogP contribution >= 0.6 is 0 Å². The molecule has 1 aromatic rings. The predicted octanol–water partition coefficient (Wildman–Crippen LogP) is 1.71. The summed E-state index contributed by atoms with van der Waals surface area (Å²) in [6, 6.07) is 3.93. The van der Waals surface area contributed by atoms with Crippen molar-refractivity contribution in [3.05, 3.63) is 24.0 Å². The summed E-state index contributed by atoms with van der Waals surface area (Å²) in [5.74, 6) is 0. The van der Waals surface area contributed by atoms with Gasteiger partial charge in [0.2, 0.25) is 0 Å². The molecule has 0 amide bonds. The Morgan fingerprint density at radius 1 is 1.50 bits per heavy atom. The van der Waals surface area contributed by atoms with Crippen LogP contribution in [0.2, 0.25) is 0 Å². The minimum Gasteiger partial charge on any atom is -0.397 e. The van der Waals surface area contributed by atoms with Crippen LogP contribution in [0.15, 0.2) is 18.3 Å². The number of nitrogen functional groups attached to an aromatic ring is 1. The van der Waals surface area contributed by atoms with E-state index in [4.69, 9.17) is 10.5 Å². The molecule has 4 heteroatoms. The lowest BCUT2D eigenvalue weighted by Gasteiger charge is -2.32. The van der Waals surface area contributed by atoms with Crippen molar-refractivity contribution in [1.82, 2.24) is 9.88 Å². The molecule has 1 aliphatic rings. The number of pyridine rings is 1. The monoisotopic (exact) mass is 249 g/mol. The zero-order valence-corrected chi connectivity index (χ0v) is 11.1. The molecule has 100 valence electrons. The van der Waals surface area contributed by atoms with E-state index in [9.17, 15) is 0 Å². The van der Waals surface area contributed by atoms with Crippen LogP contribution in [0, 0.1) is 0 Å². The summed E-state index contributed by atoms with van der Waals surface area (Å²) < 4.78 is 5.71. The highest BCUT2D eigenvalue weighted by molar-refractivity contribution is 5.34. The molecule has 2 N–H and O–H groups in total. The molecule has 0 aliphatic carbocycles. The zero-order chi connectivity index (χ0) is 12.8. The van der Waals surface area contributed by atoms with Crippen LogP contribution in [0.25, 0.3) is 0 Å². The third-order valence-electron chi connectivity index (χ3n) is 3.40. The highest BCUT2D eigenvalue weighted by Crippen LogP contribution is 2.13. The standard InChI is InChI=1S/C14H23N3O/c1-2-18-14-4-3-8-17(11-14)9-7-13-6-5-12(15)10-16-13/h5-6,10,14H,2-4,7-9,11,15H2,1H3. The Kier molecular flexibility index (Phi) is 4.96. The molecule has 4 nitrogen and oxygen atoms in total. The second-order valence-corrected chi connectivity index (χ2v) is 4.85. The van der Waals surface area contributed by atoms with Crippen LogP contribution < -0.4 is 5.73 Å². The van der Waals surface area contributed by atoms with E-state index in [1.165, 1.54) is 19.4 Å². The van der Waals surface area contributed by atoms with E-state index in [0.717, 1.165) is 37.5 Å². The number of likely N-dealkylation sites (tertiary alicyclic amines) is 1. The van der Waals surface area contributed by atoms with Crippen molar-refractivity contribution in [1.29, 1.82) is 0 Å². The Morgan fingerprint density at radius 2 is 2.39 bits per heavy atom. The summed E-state index contributed by atoms with van der Waals surface area (Å²) >= 11 is 0. The Hall–Kier alpha value is -1.13. The van der Waals surface area contributed by atoms with Crippen molar-refractivity contribution >= 4 is 5.69 Å². The van der Waals surface area contributed by atoms with Gasteiger partial charge in [-0.1, -0.05) is 0 Å². The molecule has 0 radical (unpaired) electrons. The van der Waals surface area contributed by atoms with Crippen LogP contribution in [-0.2, 0) is 11.2 Å². The summed E-state index contributed by atoms with van der Waals surface area (Å²) in [5, 5.41) is 0. The van der Waals surface area contributed by atoms with Crippen molar-refractivity contribution in [2.24, 2.45) is 0 Å². The number of aromatic nitrogens is 1. The molecule has 0 spiro atoms. The smallest absolute Gasteiger partial charge is 0.0702 e. The SMILES string of the molecule is CCOC1CCCN(CCc2ccc(N)cn2)C1. The van der Waals surface area contributed by atoms with Gasteiger partial charge in [-0.15, -0.1) is 0 Å². The van der Waals surface area contributed by atoms with E-state index in [2.05, 4.69) is 16.8 Å². The number of hydrogen-bond donors (Lipinski definition) is 1. The number of anilines is 1. The van der Waals surface area contributed by atoms with Crippen molar-refractivity contribution in [3.63, 3.8) is 0 Å². The number of nitrogens with two attached hydrogens (primary N) is 1. The molecular formula is C14H23N3O. The lowest BCUT2D eigenvalue weighted by atomic mass is 10.1. The Bertz CT molecular complexity index is 351. The predicted molar refractivity (Wildman–Crippen MR) is 73.4 cm³/mol. The molecule has 1 aliphatic heterocycles. The van der Waals surface area contributed by atoms with E-state index in [0.29, 0.717) is 6.10 Å². The third kappa shape index (κ3) is 3.96. The molecule has 0 bridgehead atoms. The second-order valence-electron chi connectivity index (χ2n) is 4.85. The number of nitrogens with zero attached hydrogens (tertiary/aromatic N) is 2. The van der Waals surface area contributed by atoms with Gasteiger partial charge in [-0.3, -0.25) is 4.98 Å². The van der Waals surface area contributed by atoms with Gasteiger partial charge in [0, 0.05) is 31.8 Å². The number of ether oxygens (including phenoxy) is 1. The Morgan fingerprint density at radius 3 is 3.11 bits per heavy atom. The Labute approximate surface area is 109 Å². The maximum atomic E-state index is 5.71. The van der Waals surface area contributed by atoms with E-state index >= 15 is 0 Å². The average Bonchev–Trinajstić information content (AvgIpc) is 2.39. The van der Waals surface area contributed by atoms with Crippen LogP contribution in [0.5, 0.6) is 0 Å². The van der Waals surface area contributed by atoms with E-state index in [1.54, 1.807) is 6.20 Å². The summed E-state index contributed by atoms with van der Waals surface area (Å²) in [6.45, 7) is 6.18. The van der Waals surface area contributed by atoms with E-state index in [1.807, 2.05) is 12.1 Å². The van der Waals surface area contributed by atoms with Gasteiger partial charge >= 0.3 is 0 Å². The highest BCUT2D eigenvalue weighted by Gasteiger charge is 2.19. The van der Waals surface area contributed by atoms with Crippen molar-refractivity contribution in [2.75, 3.05) is 32.0 Å². The fourth-order valence-electron chi connectivity index (χ4n) is 2.44. The minimum atomic E-state index is 0.420.